The molecular weight excluding hydrogens is 256 g/mol. The van der Waals surface area contributed by atoms with Crippen LogP contribution in [0.15, 0.2) is 30.3 Å². The Kier molecular flexibility index (Phi) is 6.50. The number of carbonyl (C=O) groups is 2. The van der Waals surface area contributed by atoms with E-state index in [1.165, 1.54) is 19.4 Å². The van der Waals surface area contributed by atoms with Crippen LogP contribution in [0, 0.1) is 0 Å². The highest BCUT2D eigenvalue weighted by atomic mass is 16.7. The maximum Gasteiger partial charge on any atom is 0.305 e. The van der Waals surface area contributed by atoms with Gasteiger partial charge in [-0.1, -0.05) is 43.7 Å². The van der Waals surface area contributed by atoms with Crippen LogP contribution in [0.2, 0.25) is 0 Å². The average Bonchev–Trinajstić information content (AvgIpc) is 2.36. The molecule has 0 spiro atoms. The lowest BCUT2D eigenvalue weighted by Crippen LogP contribution is -2.20. The highest BCUT2D eigenvalue weighted by Gasteiger charge is 2.11. The Hall–Kier alpha value is -2.10. The van der Waals surface area contributed by atoms with Crippen molar-refractivity contribution in [2.45, 2.75) is 39.9 Å². The number of carbonyl (C=O) groups excluding carboxylic acids is 2. The minimum absolute atomic E-state index is 0.497. The number of hydrogen-bond donors (Lipinski definition) is 0. The molecule has 0 N–H and O–H groups in total. The average molecular weight is 276 g/mol. The fourth-order valence-electron chi connectivity index (χ4n) is 1.81. The molecule has 1 rings (SSSR count). The highest BCUT2D eigenvalue weighted by Crippen LogP contribution is 2.14. The van der Waals surface area contributed by atoms with Gasteiger partial charge < -0.3 is 9.47 Å². The van der Waals surface area contributed by atoms with Crippen LogP contribution in [0.25, 0.3) is 6.08 Å². The van der Waals surface area contributed by atoms with Crippen molar-refractivity contribution in [3.63, 3.8) is 0 Å². The number of ether oxygens (including phenoxy) is 2. The van der Waals surface area contributed by atoms with Crippen molar-refractivity contribution in [1.82, 2.24) is 0 Å². The first-order valence-corrected chi connectivity index (χ1v) is 6.63. The Labute approximate surface area is 119 Å². The van der Waals surface area contributed by atoms with Gasteiger partial charge in [0.05, 0.1) is 0 Å². The summed E-state index contributed by atoms with van der Waals surface area (Å²) in [5, 5.41) is 0. The van der Waals surface area contributed by atoms with Gasteiger partial charge in [0.25, 0.3) is 6.29 Å². The predicted octanol–water partition coefficient (Wildman–Crippen LogP) is 3.10. The van der Waals surface area contributed by atoms with Crippen LogP contribution in [0.5, 0.6) is 0 Å². The lowest BCUT2D eigenvalue weighted by Gasteiger charge is -2.13. The van der Waals surface area contributed by atoms with Crippen LogP contribution in [0.4, 0.5) is 0 Å². The first-order chi connectivity index (χ1) is 9.52. The van der Waals surface area contributed by atoms with Crippen molar-refractivity contribution in [3.05, 3.63) is 41.5 Å². The molecular formula is C16H20O4. The second-order valence-corrected chi connectivity index (χ2v) is 4.40. The lowest BCUT2D eigenvalue weighted by molar-refractivity contribution is -0.176. The van der Waals surface area contributed by atoms with E-state index in [0.717, 1.165) is 18.4 Å². The van der Waals surface area contributed by atoms with E-state index in [1.54, 1.807) is 6.08 Å². The molecule has 0 aliphatic carbocycles. The standard InChI is InChI=1S/C16H20O4/c1-4-7-14-8-5-6-9-15(14)10-11-16(19-12(2)17)20-13(3)18/h5-6,8-11,16H,4,7H2,1-3H3. The van der Waals surface area contributed by atoms with E-state index in [-0.39, 0.29) is 0 Å². The molecule has 0 heterocycles. The second kappa shape index (κ2) is 8.15. The van der Waals surface area contributed by atoms with E-state index in [2.05, 4.69) is 13.0 Å². The number of esters is 2. The third-order valence-electron chi connectivity index (χ3n) is 2.57. The van der Waals surface area contributed by atoms with Crippen molar-refractivity contribution < 1.29 is 19.1 Å². The van der Waals surface area contributed by atoms with Crippen molar-refractivity contribution in [2.24, 2.45) is 0 Å². The molecule has 0 radical (unpaired) electrons. The van der Waals surface area contributed by atoms with Gasteiger partial charge in [0, 0.05) is 13.8 Å². The Morgan fingerprint density at radius 3 is 2.30 bits per heavy atom. The van der Waals surface area contributed by atoms with Gasteiger partial charge in [-0.2, -0.15) is 0 Å². The Balaban J connectivity index is 2.85. The van der Waals surface area contributed by atoms with Crippen LogP contribution in [-0.4, -0.2) is 18.2 Å². The molecule has 108 valence electrons. The van der Waals surface area contributed by atoms with Crippen LogP contribution < -0.4 is 0 Å². The van der Waals surface area contributed by atoms with Gasteiger partial charge in [0.15, 0.2) is 0 Å². The fourth-order valence-corrected chi connectivity index (χ4v) is 1.81. The fraction of sp³-hybridized carbons (Fsp3) is 0.375. The van der Waals surface area contributed by atoms with E-state index >= 15 is 0 Å². The maximum atomic E-state index is 11.0. The zero-order valence-corrected chi connectivity index (χ0v) is 12.1. The summed E-state index contributed by atoms with van der Waals surface area (Å²) in [6, 6.07) is 7.94. The van der Waals surface area contributed by atoms with Gasteiger partial charge >= 0.3 is 11.9 Å². The maximum absolute atomic E-state index is 11.0. The molecule has 0 unspecified atom stereocenters. The molecule has 0 aromatic heterocycles. The minimum atomic E-state index is -0.986. The number of rotatable bonds is 6. The number of aryl methyl sites for hydroxylation is 1. The summed E-state index contributed by atoms with van der Waals surface area (Å²) in [7, 11) is 0. The van der Waals surface area contributed by atoms with Gasteiger partial charge in [-0.25, -0.2) is 0 Å². The second-order valence-electron chi connectivity index (χ2n) is 4.40. The summed E-state index contributed by atoms with van der Waals surface area (Å²) >= 11 is 0. The topological polar surface area (TPSA) is 52.6 Å². The summed E-state index contributed by atoms with van der Waals surface area (Å²) < 4.78 is 9.83. The van der Waals surface area contributed by atoms with Gasteiger partial charge in [-0.3, -0.25) is 9.59 Å². The monoisotopic (exact) mass is 276 g/mol. The Morgan fingerprint density at radius 1 is 1.15 bits per heavy atom. The molecule has 1 aromatic carbocycles. The summed E-state index contributed by atoms with van der Waals surface area (Å²) in [6.45, 7) is 4.66. The zero-order chi connectivity index (χ0) is 15.0. The van der Waals surface area contributed by atoms with E-state index in [0.29, 0.717) is 0 Å². The van der Waals surface area contributed by atoms with Crippen LogP contribution in [0.1, 0.15) is 38.3 Å². The van der Waals surface area contributed by atoms with Crippen LogP contribution in [0.3, 0.4) is 0 Å². The van der Waals surface area contributed by atoms with Gasteiger partial charge in [-0.15, -0.1) is 0 Å². The van der Waals surface area contributed by atoms with Gasteiger partial charge in [0.1, 0.15) is 0 Å². The van der Waals surface area contributed by atoms with E-state index < -0.39 is 18.2 Å². The molecule has 0 aliphatic heterocycles. The first-order valence-electron chi connectivity index (χ1n) is 6.63. The summed E-state index contributed by atoms with van der Waals surface area (Å²) in [5.41, 5.74) is 2.23. The molecule has 1 aromatic rings. The van der Waals surface area contributed by atoms with Crippen molar-refractivity contribution in [2.75, 3.05) is 0 Å². The van der Waals surface area contributed by atoms with Crippen molar-refractivity contribution in [1.29, 1.82) is 0 Å². The smallest absolute Gasteiger partial charge is 0.305 e. The molecule has 0 aliphatic rings. The third kappa shape index (κ3) is 5.69. The largest absolute Gasteiger partial charge is 0.421 e. The minimum Gasteiger partial charge on any atom is -0.421 e. The van der Waals surface area contributed by atoms with E-state index in [1.807, 2.05) is 24.3 Å². The normalized spacial score (nSPS) is 10.8. The van der Waals surface area contributed by atoms with E-state index in [4.69, 9.17) is 9.47 Å². The Bertz CT molecular complexity index is 475. The molecule has 0 atom stereocenters. The van der Waals surface area contributed by atoms with E-state index in [9.17, 15) is 9.59 Å². The molecule has 20 heavy (non-hydrogen) atoms. The SMILES string of the molecule is CCCc1ccccc1C=CC(OC(C)=O)OC(C)=O. The highest BCUT2D eigenvalue weighted by molar-refractivity contribution is 5.69. The molecule has 4 nitrogen and oxygen atoms in total. The van der Waals surface area contributed by atoms with Crippen molar-refractivity contribution in [3.8, 4) is 0 Å². The molecule has 0 fully saturated rings. The number of hydrogen-bond acceptors (Lipinski definition) is 4. The predicted molar refractivity (Wildman–Crippen MR) is 76.8 cm³/mol. The van der Waals surface area contributed by atoms with Crippen LogP contribution in [-0.2, 0) is 25.5 Å². The molecule has 0 amide bonds. The molecule has 0 saturated heterocycles. The number of benzene rings is 1. The first kappa shape index (κ1) is 16.0. The molecule has 4 heteroatoms. The van der Waals surface area contributed by atoms with Gasteiger partial charge in [0.2, 0.25) is 0 Å². The Morgan fingerprint density at radius 2 is 1.75 bits per heavy atom. The van der Waals surface area contributed by atoms with Gasteiger partial charge in [-0.05, 0) is 23.6 Å². The lowest BCUT2D eigenvalue weighted by atomic mass is 10.0. The van der Waals surface area contributed by atoms with Crippen molar-refractivity contribution >= 4 is 18.0 Å². The third-order valence-corrected chi connectivity index (χ3v) is 2.57. The summed E-state index contributed by atoms with van der Waals surface area (Å²) in [5.74, 6) is -0.995. The molecule has 0 bridgehead atoms. The van der Waals surface area contributed by atoms with Crippen LogP contribution >= 0.6 is 0 Å². The molecule has 0 saturated carbocycles. The summed E-state index contributed by atoms with van der Waals surface area (Å²) in [4.78, 5) is 21.9. The quantitative estimate of drug-likeness (QED) is 0.592. The zero-order valence-electron chi connectivity index (χ0n) is 12.1. The summed E-state index contributed by atoms with van der Waals surface area (Å²) in [6.07, 6.45) is 4.40.